The molecule has 110 valence electrons. The minimum atomic E-state index is 0.00407. The Balaban J connectivity index is 1.80. The molecule has 1 saturated heterocycles. The number of amides is 1. The highest BCUT2D eigenvalue weighted by Crippen LogP contribution is 2.32. The number of morpholine rings is 1. The number of aromatic nitrogens is 1. The molecule has 0 spiro atoms. The largest absolute Gasteiger partial charge is 0.374 e. The zero-order valence-electron chi connectivity index (χ0n) is 12.4. The number of hydrogen-bond donors (Lipinski definition) is 0. The van der Waals surface area contributed by atoms with E-state index in [4.69, 9.17) is 4.74 Å². The van der Waals surface area contributed by atoms with Gasteiger partial charge in [0.25, 0.3) is 5.91 Å². The standard InChI is InChI=1S/C15H22N2O2S/c1-15(2,3)14-16-9-12(20-14)13(18)17-7-8-19-11-6-4-5-10(11)17/h9-11H,4-8H2,1-3H3. The van der Waals surface area contributed by atoms with Crippen molar-refractivity contribution in [3.63, 3.8) is 0 Å². The first kappa shape index (κ1) is 14.0. The Bertz CT molecular complexity index is 506. The van der Waals surface area contributed by atoms with E-state index in [1.54, 1.807) is 6.20 Å². The third-order valence-corrected chi connectivity index (χ3v) is 5.51. The molecule has 0 N–H and O–H groups in total. The monoisotopic (exact) mass is 294 g/mol. The van der Waals surface area contributed by atoms with Gasteiger partial charge < -0.3 is 9.64 Å². The van der Waals surface area contributed by atoms with Crippen LogP contribution in [-0.2, 0) is 10.2 Å². The summed E-state index contributed by atoms with van der Waals surface area (Å²) in [5.74, 6) is 0.137. The summed E-state index contributed by atoms with van der Waals surface area (Å²) >= 11 is 1.53. The molecule has 2 fully saturated rings. The van der Waals surface area contributed by atoms with Crippen LogP contribution in [-0.4, -0.2) is 41.1 Å². The van der Waals surface area contributed by atoms with Crippen molar-refractivity contribution in [2.24, 2.45) is 0 Å². The second-order valence-electron chi connectivity index (χ2n) is 6.69. The summed E-state index contributed by atoms with van der Waals surface area (Å²) in [7, 11) is 0. The van der Waals surface area contributed by atoms with Crippen molar-refractivity contribution >= 4 is 17.2 Å². The molecule has 2 aliphatic rings. The third-order valence-electron chi connectivity index (χ3n) is 4.10. The van der Waals surface area contributed by atoms with Gasteiger partial charge in [-0.2, -0.15) is 0 Å². The number of thiazole rings is 1. The average molecular weight is 294 g/mol. The van der Waals surface area contributed by atoms with Gasteiger partial charge in [0, 0.05) is 12.0 Å². The van der Waals surface area contributed by atoms with E-state index in [-0.39, 0.29) is 23.5 Å². The molecule has 1 aliphatic carbocycles. The number of ether oxygens (including phenoxy) is 1. The van der Waals surface area contributed by atoms with Crippen LogP contribution in [0.25, 0.3) is 0 Å². The van der Waals surface area contributed by atoms with Crippen molar-refractivity contribution in [3.8, 4) is 0 Å². The van der Waals surface area contributed by atoms with Crippen molar-refractivity contribution in [1.29, 1.82) is 0 Å². The highest BCUT2D eigenvalue weighted by Gasteiger charge is 2.39. The van der Waals surface area contributed by atoms with Crippen LogP contribution in [0.3, 0.4) is 0 Å². The van der Waals surface area contributed by atoms with Crippen molar-refractivity contribution in [2.45, 2.75) is 57.6 Å². The van der Waals surface area contributed by atoms with E-state index in [0.717, 1.165) is 29.1 Å². The lowest BCUT2D eigenvalue weighted by molar-refractivity contribution is -0.0443. The van der Waals surface area contributed by atoms with Gasteiger partial charge in [-0.25, -0.2) is 4.98 Å². The number of fused-ring (bicyclic) bond motifs is 1. The lowest BCUT2D eigenvalue weighted by Crippen LogP contribution is -2.51. The summed E-state index contributed by atoms with van der Waals surface area (Å²) < 4.78 is 5.77. The first-order chi connectivity index (χ1) is 9.47. The first-order valence-corrected chi connectivity index (χ1v) is 8.17. The molecule has 20 heavy (non-hydrogen) atoms. The van der Waals surface area contributed by atoms with E-state index in [1.807, 2.05) is 4.90 Å². The SMILES string of the molecule is CC(C)(C)c1ncc(C(=O)N2CCOC3CCCC32)s1. The number of nitrogens with zero attached hydrogens (tertiary/aromatic N) is 2. The fourth-order valence-corrected chi connectivity index (χ4v) is 3.97. The minimum Gasteiger partial charge on any atom is -0.374 e. The Labute approximate surface area is 124 Å². The first-order valence-electron chi connectivity index (χ1n) is 7.36. The Morgan fingerprint density at radius 3 is 2.95 bits per heavy atom. The minimum absolute atomic E-state index is 0.00407. The molecule has 1 saturated carbocycles. The third kappa shape index (κ3) is 2.49. The molecule has 0 radical (unpaired) electrons. The van der Waals surface area contributed by atoms with Crippen LogP contribution in [0.5, 0.6) is 0 Å². The van der Waals surface area contributed by atoms with Crippen LogP contribution in [0.1, 0.15) is 54.7 Å². The lowest BCUT2D eigenvalue weighted by atomic mass is 9.98. The molecular formula is C15H22N2O2S. The van der Waals surface area contributed by atoms with E-state index in [2.05, 4.69) is 25.8 Å². The van der Waals surface area contributed by atoms with Gasteiger partial charge in [0.1, 0.15) is 4.88 Å². The second kappa shape index (κ2) is 5.11. The van der Waals surface area contributed by atoms with Crippen LogP contribution in [0.15, 0.2) is 6.20 Å². The Morgan fingerprint density at radius 2 is 2.25 bits per heavy atom. The van der Waals surface area contributed by atoms with Crippen LogP contribution >= 0.6 is 11.3 Å². The van der Waals surface area contributed by atoms with E-state index in [9.17, 15) is 4.79 Å². The summed E-state index contributed by atoms with van der Waals surface area (Å²) in [4.78, 5) is 19.9. The number of hydrogen-bond acceptors (Lipinski definition) is 4. The van der Waals surface area contributed by atoms with Crippen molar-refractivity contribution in [3.05, 3.63) is 16.1 Å². The van der Waals surface area contributed by atoms with Gasteiger partial charge in [-0.15, -0.1) is 11.3 Å². The second-order valence-corrected chi connectivity index (χ2v) is 7.72. The molecule has 2 atom stereocenters. The van der Waals surface area contributed by atoms with Gasteiger partial charge in [-0.1, -0.05) is 20.8 Å². The predicted octanol–water partition coefficient (Wildman–Crippen LogP) is 2.83. The van der Waals surface area contributed by atoms with Gasteiger partial charge in [-0.3, -0.25) is 4.79 Å². The van der Waals surface area contributed by atoms with Gasteiger partial charge in [0.05, 0.1) is 30.0 Å². The smallest absolute Gasteiger partial charge is 0.265 e. The fraction of sp³-hybridized carbons (Fsp3) is 0.733. The summed E-state index contributed by atoms with van der Waals surface area (Å²) in [5, 5.41) is 1.03. The van der Waals surface area contributed by atoms with Crippen LogP contribution in [0.2, 0.25) is 0 Å². The average Bonchev–Trinajstić information content (AvgIpc) is 3.05. The molecule has 4 nitrogen and oxygen atoms in total. The maximum absolute atomic E-state index is 12.7. The summed E-state index contributed by atoms with van der Waals surface area (Å²) in [5.41, 5.74) is 0.00407. The molecule has 0 bridgehead atoms. The van der Waals surface area contributed by atoms with Crippen molar-refractivity contribution < 1.29 is 9.53 Å². The Hall–Kier alpha value is -0.940. The van der Waals surface area contributed by atoms with Crippen molar-refractivity contribution in [2.75, 3.05) is 13.2 Å². The van der Waals surface area contributed by atoms with Crippen LogP contribution < -0.4 is 0 Å². The molecule has 1 amide bonds. The van der Waals surface area contributed by atoms with E-state index >= 15 is 0 Å². The maximum atomic E-state index is 12.7. The molecule has 2 unspecified atom stereocenters. The Morgan fingerprint density at radius 1 is 1.45 bits per heavy atom. The predicted molar refractivity (Wildman–Crippen MR) is 79.2 cm³/mol. The quantitative estimate of drug-likeness (QED) is 0.800. The van der Waals surface area contributed by atoms with E-state index < -0.39 is 0 Å². The highest BCUT2D eigenvalue weighted by molar-refractivity contribution is 7.13. The van der Waals surface area contributed by atoms with E-state index in [1.165, 1.54) is 11.3 Å². The molecule has 2 heterocycles. The lowest BCUT2D eigenvalue weighted by Gasteiger charge is -2.37. The molecule has 0 aromatic carbocycles. The summed E-state index contributed by atoms with van der Waals surface area (Å²) in [6.07, 6.45) is 5.32. The van der Waals surface area contributed by atoms with Crippen LogP contribution in [0.4, 0.5) is 0 Å². The molecule has 1 aliphatic heterocycles. The maximum Gasteiger partial charge on any atom is 0.265 e. The molecule has 3 rings (SSSR count). The zero-order chi connectivity index (χ0) is 14.3. The Kier molecular flexibility index (Phi) is 3.58. The zero-order valence-corrected chi connectivity index (χ0v) is 13.2. The molecule has 1 aromatic rings. The topological polar surface area (TPSA) is 42.4 Å². The fourth-order valence-electron chi connectivity index (χ4n) is 3.04. The van der Waals surface area contributed by atoms with Gasteiger partial charge >= 0.3 is 0 Å². The number of carbonyl (C=O) groups is 1. The summed E-state index contributed by atoms with van der Waals surface area (Å²) in [6, 6.07) is 0.274. The normalized spacial score (nSPS) is 26.6. The number of carbonyl (C=O) groups excluding carboxylic acids is 1. The molecular weight excluding hydrogens is 272 g/mol. The summed E-state index contributed by atoms with van der Waals surface area (Å²) in [6.45, 7) is 7.76. The van der Waals surface area contributed by atoms with E-state index in [0.29, 0.717) is 13.2 Å². The van der Waals surface area contributed by atoms with Gasteiger partial charge in [0.2, 0.25) is 0 Å². The molecule has 5 heteroatoms. The van der Waals surface area contributed by atoms with Crippen molar-refractivity contribution in [1.82, 2.24) is 9.88 Å². The van der Waals surface area contributed by atoms with Gasteiger partial charge in [-0.05, 0) is 19.3 Å². The van der Waals surface area contributed by atoms with Gasteiger partial charge in [0.15, 0.2) is 0 Å². The number of rotatable bonds is 1. The molecule has 1 aromatic heterocycles. The highest BCUT2D eigenvalue weighted by atomic mass is 32.1. The van der Waals surface area contributed by atoms with Crippen LogP contribution in [0, 0.1) is 0 Å².